The van der Waals surface area contributed by atoms with Crippen molar-refractivity contribution in [2.24, 2.45) is 0 Å². The predicted octanol–water partition coefficient (Wildman–Crippen LogP) is 7.68. The minimum absolute atomic E-state index is 0.0235. The van der Waals surface area contributed by atoms with Crippen LogP contribution < -0.4 is 0 Å². The lowest BCUT2D eigenvalue weighted by atomic mass is 9.78. The van der Waals surface area contributed by atoms with Crippen LogP contribution in [-0.2, 0) is 10.8 Å². The van der Waals surface area contributed by atoms with E-state index in [0.717, 1.165) is 0 Å². The number of aromatic nitrogens is 2. The van der Waals surface area contributed by atoms with E-state index in [1.807, 2.05) is 23.4 Å². The van der Waals surface area contributed by atoms with Gasteiger partial charge in [-0.1, -0.05) is 53.7 Å². The summed E-state index contributed by atoms with van der Waals surface area (Å²) in [7, 11) is 0. The van der Waals surface area contributed by atoms with E-state index < -0.39 is 0 Å². The van der Waals surface area contributed by atoms with Crippen LogP contribution in [0.4, 0.5) is 0 Å². The molecule has 0 radical (unpaired) electrons. The Morgan fingerprint density at radius 1 is 0.714 bits per heavy atom. The molecule has 144 valence electrons. The van der Waals surface area contributed by atoms with Gasteiger partial charge in [0.15, 0.2) is 0 Å². The zero-order valence-electron chi connectivity index (χ0n) is 17.3. The molecule has 0 fully saturated rings. The van der Waals surface area contributed by atoms with E-state index in [4.69, 9.17) is 0 Å². The molecule has 0 spiro atoms. The Kier molecular flexibility index (Phi) is 4.67. The molecule has 0 saturated carbocycles. The minimum atomic E-state index is 0.0235. The molecule has 0 amide bonds. The molecule has 0 N–H and O–H groups in total. The molecule has 2 aromatic heterocycles. The van der Waals surface area contributed by atoms with Gasteiger partial charge >= 0.3 is 0 Å². The van der Waals surface area contributed by atoms with Crippen molar-refractivity contribution in [2.45, 2.75) is 52.4 Å². The first-order chi connectivity index (χ1) is 13.2. The summed E-state index contributed by atoms with van der Waals surface area (Å²) in [5.41, 5.74) is 9.28. The lowest BCUT2D eigenvalue weighted by Crippen LogP contribution is -2.14. The highest BCUT2D eigenvalue weighted by molar-refractivity contribution is 7.13. The van der Waals surface area contributed by atoms with Crippen LogP contribution >= 0.6 is 22.7 Å². The van der Waals surface area contributed by atoms with Gasteiger partial charge in [0.1, 0.15) is 0 Å². The van der Waals surface area contributed by atoms with E-state index in [1.54, 1.807) is 22.7 Å². The SMILES string of the molecule is CC(C)(C)c1ccc2c(-c3cncs3)c(C(C)(C)C)cc(-c3cncs3)c2c1. The van der Waals surface area contributed by atoms with Gasteiger partial charge in [-0.2, -0.15) is 0 Å². The van der Waals surface area contributed by atoms with Gasteiger partial charge in [-0.3, -0.25) is 9.97 Å². The Morgan fingerprint density at radius 3 is 1.89 bits per heavy atom. The molecule has 2 heterocycles. The molecule has 4 aromatic rings. The Balaban J connectivity index is 2.17. The number of nitrogens with zero attached hydrogens (tertiary/aromatic N) is 2. The maximum atomic E-state index is 4.37. The van der Waals surface area contributed by atoms with E-state index in [1.165, 1.54) is 42.8 Å². The van der Waals surface area contributed by atoms with Gasteiger partial charge in [-0.15, -0.1) is 22.7 Å². The number of rotatable bonds is 2. The van der Waals surface area contributed by atoms with Gasteiger partial charge in [0, 0.05) is 23.5 Å². The third-order valence-electron chi connectivity index (χ3n) is 5.19. The van der Waals surface area contributed by atoms with E-state index in [0.29, 0.717) is 0 Å². The van der Waals surface area contributed by atoms with Crippen LogP contribution in [-0.4, -0.2) is 9.97 Å². The predicted molar refractivity (Wildman–Crippen MR) is 124 cm³/mol. The van der Waals surface area contributed by atoms with Crippen LogP contribution in [0.25, 0.3) is 31.7 Å². The van der Waals surface area contributed by atoms with Gasteiger partial charge in [0.25, 0.3) is 0 Å². The monoisotopic (exact) mass is 406 g/mol. The Bertz CT molecular complexity index is 1110. The van der Waals surface area contributed by atoms with Crippen LogP contribution in [0.2, 0.25) is 0 Å². The number of hydrogen-bond donors (Lipinski definition) is 0. The highest BCUT2D eigenvalue weighted by Crippen LogP contribution is 2.45. The molecule has 4 rings (SSSR count). The highest BCUT2D eigenvalue weighted by Gasteiger charge is 2.25. The van der Waals surface area contributed by atoms with Gasteiger partial charge in [-0.25, -0.2) is 0 Å². The summed E-state index contributed by atoms with van der Waals surface area (Å²) in [4.78, 5) is 11.2. The van der Waals surface area contributed by atoms with Crippen molar-refractivity contribution in [3.05, 3.63) is 58.8 Å². The number of hydrogen-bond acceptors (Lipinski definition) is 4. The lowest BCUT2D eigenvalue weighted by molar-refractivity contribution is 0.590. The standard InChI is InChI=1S/C24H26N2S2/c1-23(2,3)15-7-8-16-17(9-15)18(20-11-25-13-27-20)10-19(24(4,5)6)22(16)21-12-26-14-28-21/h7-14H,1-6H3. The van der Waals surface area contributed by atoms with E-state index >= 15 is 0 Å². The van der Waals surface area contributed by atoms with E-state index in [2.05, 4.69) is 75.8 Å². The fraction of sp³-hybridized carbons (Fsp3) is 0.333. The van der Waals surface area contributed by atoms with Crippen LogP contribution in [0.15, 0.2) is 47.7 Å². The molecule has 0 atom stereocenters. The second-order valence-corrected chi connectivity index (χ2v) is 11.1. The summed E-state index contributed by atoms with van der Waals surface area (Å²) in [5.74, 6) is 0. The van der Waals surface area contributed by atoms with Crippen molar-refractivity contribution in [1.29, 1.82) is 0 Å². The van der Waals surface area contributed by atoms with Crippen molar-refractivity contribution in [2.75, 3.05) is 0 Å². The molecule has 0 bridgehead atoms. The molecule has 2 aromatic carbocycles. The summed E-state index contributed by atoms with van der Waals surface area (Å²) < 4.78 is 0. The largest absolute Gasteiger partial charge is 0.252 e. The quantitative estimate of drug-likeness (QED) is 0.341. The molecule has 0 aliphatic carbocycles. The smallest absolute Gasteiger partial charge is 0.0797 e. The topological polar surface area (TPSA) is 25.8 Å². The van der Waals surface area contributed by atoms with Gasteiger partial charge in [-0.05, 0) is 44.9 Å². The van der Waals surface area contributed by atoms with Gasteiger partial charge < -0.3 is 0 Å². The number of thiazole rings is 2. The van der Waals surface area contributed by atoms with Crippen LogP contribution in [0.1, 0.15) is 52.7 Å². The molecule has 0 aliphatic rings. The van der Waals surface area contributed by atoms with Crippen LogP contribution in [0.3, 0.4) is 0 Å². The number of fused-ring (bicyclic) bond motifs is 1. The molecule has 28 heavy (non-hydrogen) atoms. The summed E-state index contributed by atoms with van der Waals surface area (Å²) in [6, 6.07) is 9.36. The Labute approximate surface area is 175 Å². The van der Waals surface area contributed by atoms with Crippen molar-refractivity contribution < 1.29 is 0 Å². The van der Waals surface area contributed by atoms with E-state index in [-0.39, 0.29) is 10.8 Å². The summed E-state index contributed by atoms with van der Waals surface area (Å²) in [5, 5.41) is 2.60. The molecule has 0 saturated heterocycles. The first-order valence-electron chi connectivity index (χ1n) is 9.56. The van der Waals surface area contributed by atoms with Crippen molar-refractivity contribution in [3.8, 4) is 20.9 Å². The van der Waals surface area contributed by atoms with Crippen LogP contribution in [0, 0.1) is 0 Å². The third kappa shape index (κ3) is 3.40. The maximum absolute atomic E-state index is 4.37. The Hall–Kier alpha value is -2.04. The molecular formula is C24H26N2S2. The second kappa shape index (κ2) is 6.78. The molecule has 4 heteroatoms. The summed E-state index contributed by atoms with van der Waals surface area (Å²) in [6.45, 7) is 13.7. The molecule has 0 unspecified atom stereocenters. The maximum Gasteiger partial charge on any atom is 0.0797 e. The zero-order valence-corrected chi connectivity index (χ0v) is 19.0. The first-order valence-corrected chi connectivity index (χ1v) is 11.3. The fourth-order valence-electron chi connectivity index (χ4n) is 3.64. The Morgan fingerprint density at radius 2 is 1.36 bits per heavy atom. The summed E-state index contributed by atoms with van der Waals surface area (Å²) >= 11 is 3.42. The normalized spacial score (nSPS) is 12.6. The van der Waals surface area contributed by atoms with E-state index in [9.17, 15) is 0 Å². The zero-order chi connectivity index (χ0) is 20.1. The van der Waals surface area contributed by atoms with Crippen molar-refractivity contribution in [3.63, 3.8) is 0 Å². The second-order valence-electron chi connectivity index (χ2n) is 9.34. The summed E-state index contributed by atoms with van der Waals surface area (Å²) in [6.07, 6.45) is 3.99. The minimum Gasteiger partial charge on any atom is -0.252 e. The van der Waals surface area contributed by atoms with Gasteiger partial charge in [0.05, 0.1) is 20.8 Å². The van der Waals surface area contributed by atoms with Crippen molar-refractivity contribution >= 4 is 33.4 Å². The average Bonchev–Trinajstić information content (AvgIpc) is 3.32. The first kappa shape index (κ1) is 19.3. The molecule has 0 aliphatic heterocycles. The third-order valence-corrected chi connectivity index (χ3v) is 6.78. The molecule has 2 nitrogen and oxygen atoms in total. The molecular weight excluding hydrogens is 380 g/mol. The van der Waals surface area contributed by atoms with Crippen molar-refractivity contribution in [1.82, 2.24) is 9.97 Å². The highest BCUT2D eigenvalue weighted by atomic mass is 32.1. The average molecular weight is 407 g/mol. The number of benzene rings is 2. The lowest BCUT2D eigenvalue weighted by Gasteiger charge is -2.27. The fourth-order valence-corrected chi connectivity index (χ4v) is 4.99. The van der Waals surface area contributed by atoms with Crippen LogP contribution in [0.5, 0.6) is 0 Å². The van der Waals surface area contributed by atoms with Gasteiger partial charge in [0.2, 0.25) is 0 Å².